The van der Waals surface area contributed by atoms with Gasteiger partial charge in [0, 0.05) is 42.5 Å². The van der Waals surface area contributed by atoms with Crippen molar-refractivity contribution in [2.45, 2.75) is 98.3 Å². The van der Waals surface area contributed by atoms with Crippen LogP contribution in [-0.2, 0) is 38.4 Å². The Morgan fingerprint density at radius 2 is 1.36 bits per heavy atom. The second kappa shape index (κ2) is 22.2. The van der Waals surface area contributed by atoms with E-state index >= 15 is 0 Å². The molecule has 2 aromatic rings. The van der Waals surface area contributed by atoms with Crippen molar-refractivity contribution in [3.63, 3.8) is 0 Å². The molecule has 1 unspecified atom stereocenters. The number of fused-ring (bicyclic) bond motifs is 1. The maximum atomic E-state index is 13.5. The van der Waals surface area contributed by atoms with Crippen LogP contribution in [0, 0.1) is 18.8 Å². The number of amides is 5. The van der Waals surface area contributed by atoms with E-state index in [-0.39, 0.29) is 29.8 Å². The number of carbonyl (C=O) groups excluding carboxylic acids is 6. The summed E-state index contributed by atoms with van der Waals surface area (Å²) < 4.78 is 5.19. The fourth-order valence-electron chi connectivity index (χ4n) is 4.79. The fraction of sp³-hybridized carbons (Fsp3) is 0.500. The van der Waals surface area contributed by atoms with Gasteiger partial charge in [0.1, 0.15) is 29.8 Å². The molecule has 0 saturated heterocycles. The summed E-state index contributed by atoms with van der Waals surface area (Å²) in [6.45, 7) is 10.6. The SMILES string of the molecule is CC(=O)[O-].CC[C@H](C)C(NC(=O)[C@H](CCC(=O)O)NC(=O)[C@@H](NC(C)=O)C(C)C)C(=O)N[C@@H](CC(=O)O)C(=O)Nc1ccc2c(C)cc(=O)oc2c1.[NH4+]. The first-order valence-electron chi connectivity index (χ1n) is 16.3. The molecule has 0 spiro atoms. The van der Waals surface area contributed by atoms with Crippen molar-refractivity contribution in [1.29, 1.82) is 0 Å². The van der Waals surface area contributed by atoms with Gasteiger partial charge in [-0.3, -0.25) is 33.6 Å². The first kappa shape index (κ1) is 47.1. The van der Waals surface area contributed by atoms with Gasteiger partial charge in [-0.15, -0.1) is 0 Å². The molecule has 11 N–H and O–H groups in total. The van der Waals surface area contributed by atoms with Gasteiger partial charge in [0.25, 0.3) is 0 Å². The summed E-state index contributed by atoms with van der Waals surface area (Å²) in [5.74, 6) is -8.62. The van der Waals surface area contributed by atoms with Crippen molar-refractivity contribution < 1.29 is 58.1 Å². The third-order valence-corrected chi connectivity index (χ3v) is 7.61. The molecule has 1 heterocycles. The number of carboxylic acid groups (broad SMARTS) is 3. The van der Waals surface area contributed by atoms with E-state index in [2.05, 4.69) is 26.6 Å². The number of benzene rings is 1. The molecule has 294 valence electrons. The lowest BCUT2D eigenvalue weighted by atomic mass is 9.96. The highest BCUT2D eigenvalue weighted by molar-refractivity contribution is 6.01. The van der Waals surface area contributed by atoms with Crippen molar-refractivity contribution in [2.75, 3.05) is 5.32 Å². The topological polar surface area (TPSA) is 327 Å². The highest BCUT2D eigenvalue weighted by Crippen LogP contribution is 2.21. The van der Waals surface area contributed by atoms with Crippen LogP contribution in [0.4, 0.5) is 5.69 Å². The molecule has 19 heteroatoms. The van der Waals surface area contributed by atoms with E-state index in [1.54, 1.807) is 40.7 Å². The molecule has 0 bridgehead atoms. The van der Waals surface area contributed by atoms with Crippen LogP contribution in [0.25, 0.3) is 11.0 Å². The average Bonchev–Trinajstić information content (AvgIpc) is 3.02. The quantitative estimate of drug-likeness (QED) is 0.100. The summed E-state index contributed by atoms with van der Waals surface area (Å²) in [7, 11) is 0. The summed E-state index contributed by atoms with van der Waals surface area (Å²) in [6.07, 6.45) is -1.33. The van der Waals surface area contributed by atoms with Crippen LogP contribution >= 0.6 is 0 Å². The summed E-state index contributed by atoms with van der Waals surface area (Å²) >= 11 is 0. The third kappa shape index (κ3) is 16.4. The molecule has 5 amide bonds. The van der Waals surface area contributed by atoms with E-state index in [1.807, 2.05) is 0 Å². The molecule has 1 aromatic carbocycles. The zero-order chi connectivity index (χ0) is 39.9. The number of hydrogen-bond acceptors (Lipinski definition) is 11. The van der Waals surface area contributed by atoms with Crippen molar-refractivity contribution in [2.24, 2.45) is 11.8 Å². The molecule has 0 aliphatic heterocycles. The number of anilines is 1. The van der Waals surface area contributed by atoms with E-state index in [9.17, 15) is 48.6 Å². The summed E-state index contributed by atoms with van der Waals surface area (Å²) in [5.41, 5.74) is 0.381. The number of carbonyl (C=O) groups is 8. The van der Waals surface area contributed by atoms with Gasteiger partial charge in [-0.2, -0.15) is 0 Å². The van der Waals surface area contributed by atoms with Gasteiger partial charge in [-0.1, -0.05) is 34.1 Å². The zero-order valence-corrected chi connectivity index (χ0v) is 31.0. The molecule has 0 radical (unpaired) electrons. The maximum absolute atomic E-state index is 13.5. The highest BCUT2D eigenvalue weighted by atomic mass is 16.4. The molecule has 0 aliphatic carbocycles. The van der Waals surface area contributed by atoms with Crippen molar-refractivity contribution in [1.82, 2.24) is 27.4 Å². The normalized spacial score (nSPS) is 13.3. The van der Waals surface area contributed by atoms with Gasteiger partial charge >= 0.3 is 17.6 Å². The minimum Gasteiger partial charge on any atom is -0.550 e. The molecule has 0 aliphatic rings. The minimum atomic E-state index is -1.61. The van der Waals surface area contributed by atoms with Crippen LogP contribution in [0.2, 0.25) is 0 Å². The molecular formula is C34H50N6O13. The summed E-state index contributed by atoms with van der Waals surface area (Å²) in [5, 5.41) is 40.6. The number of quaternary nitrogens is 1. The van der Waals surface area contributed by atoms with Crippen LogP contribution in [0.5, 0.6) is 0 Å². The van der Waals surface area contributed by atoms with Crippen molar-refractivity contribution in [3.8, 4) is 0 Å². The molecular weight excluding hydrogens is 700 g/mol. The van der Waals surface area contributed by atoms with E-state index in [1.165, 1.54) is 25.1 Å². The number of nitrogens with one attached hydrogen (secondary N) is 5. The van der Waals surface area contributed by atoms with E-state index in [4.69, 9.17) is 14.3 Å². The van der Waals surface area contributed by atoms with Gasteiger partial charge in [0.05, 0.1) is 6.42 Å². The first-order chi connectivity index (χ1) is 24.2. The summed E-state index contributed by atoms with van der Waals surface area (Å²) in [4.78, 5) is 108. The lowest BCUT2D eigenvalue weighted by Gasteiger charge is -2.29. The largest absolute Gasteiger partial charge is 0.550 e. The number of rotatable bonds is 17. The Morgan fingerprint density at radius 1 is 0.792 bits per heavy atom. The molecule has 0 saturated carbocycles. The lowest BCUT2D eigenvalue weighted by Crippen LogP contribution is -2.60. The Hall–Kier alpha value is -5.85. The average molecular weight is 751 g/mol. The predicted molar refractivity (Wildman–Crippen MR) is 189 cm³/mol. The van der Waals surface area contributed by atoms with Crippen molar-refractivity contribution in [3.05, 3.63) is 40.2 Å². The Morgan fingerprint density at radius 3 is 1.87 bits per heavy atom. The molecule has 0 fully saturated rings. The van der Waals surface area contributed by atoms with E-state index in [0.717, 1.165) is 6.92 Å². The number of carboxylic acids is 3. The molecule has 5 atom stereocenters. The van der Waals surface area contributed by atoms with Crippen molar-refractivity contribution >= 4 is 64.1 Å². The third-order valence-electron chi connectivity index (χ3n) is 7.61. The number of aliphatic carboxylic acids is 3. The maximum Gasteiger partial charge on any atom is 0.336 e. The van der Waals surface area contributed by atoms with Crippen LogP contribution in [0.1, 0.15) is 72.8 Å². The number of aryl methyl sites for hydroxylation is 1. The van der Waals surface area contributed by atoms with Crippen LogP contribution < -0.4 is 43.5 Å². The van der Waals surface area contributed by atoms with E-state index < -0.39 is 96.0 Å². The molecule has 53 heavy (non-hydrogen) atoms. The van der Waals surface area contributed by atoms with Crippen LogP contribution in [0.3, 0.4) is 0 Å². The monoisotopic (exact) mass is 750 g/mol. The first-order valence-corrected chi connectivity index (χ1v) is 16.3. The van der Waals surface area contributed by atoms with Gasteiger partial charge in [0.15, 0.2) is 0 Å². The van der Waals surface area contributed by atoms with Crippen LogP contribution in [0.15, 0.2) is 33.5 Å². The van der Waals surface area contributed by atoms with Gasteiger partial charge in [0.2, 0.25) is 29.5 Å². The zero-order valence-electron chi connectivity index (χ0n) is 31.0. The van der Waals surface area contributed by atoms with Crippen LogP contribution in [-0.4, -0.2) is 81.8 Å². The predicted octanol–water partition coefficient (Wildman–Crippen LogP) is 0.173. The van der Waals surface area contributed by atoms with Gasteiger partial charge in [-0.25, -0.2) is 4.79 Å². The minimum absolute atomic E-state index is 0. The second-order valence-corrected chi connectivity index (χ2v) is 12.4. The fourth-order valence-corrected chi connectivity index (χ4v) is 4.79. The standard InChI is InChI=1S/C32H43N5O11.C2H4O2.H3N/c1-7-16(4)28(37-29(44)21(10-11-24(39)40)35-31(46)27(15(2)3)33-18(6)38)32(47)36-22(14-25(41)42)30(45)34-19-8-9-20-17(5)12-26(43)48-23(20)13-19;1-2(3)4;/h8-9,12-13,15-16,21-22,27-28H,7,10-11,14H2,1-6H3,(H,33,38)(H,34,45)(H,35,46)(H,36,47)(H,37,44)(H,39,40)(H,41,42);1H3,(H,3,4);1H3/t16-,21-,22-,27-,28?;;/m0../s1. The van der Waals surface area contributed by atoms with Gasteiger partial charge in [-0.05, 0) is 49.8 Å². The molecule has 1 aromatic heterocycles. The molecule has 19 nitrogen and oxygen atoms in total. The smallest absolute Gasteiger partial charge is 0.336 e. The highest BCUT2D eigenvalue weighted by Gasteiger charge is 2.34. The number of hydrogen-bond donors (Lipinski definition) is 8. The Labute approximate surface area is 305 Å². The van der Waals surface area contributed by atoms with E-state index in [0.29, 0.717) is 17.4 Å². The molecule has 2 rings (SSSR count). The Bertz CT molecular complexity index is 1700. The summed E-state index contributed by atoms with van der Waals surface area (Å²) in [6, 6.07) is 0.410. The lowest BCUT2D eigenvalue weighted by molar-refractivity contribution is -0.302. The second-order valence-electron chi connectivity index (χ2n) is 12.4. The Balaban J connectivity index is 0.00000513. The Kier molecular flexibility index (Phi) is 19.7. The van der Waals surface area contributed by atoms with Gasteiger partial charge < -0.3 is 57.3 Å².